The van der Waals surface area contributed by atoms with Crippen LogP contribution in [0.2, 0.25) is 0 Å². The van der Waals surface area contributed by atoms with Crippen LogP contribution in [-0.4, -0.2) is 34.0 Å². The average Bonchev–Trinajstić information content (AvgIpc) is 3.64. The molecule has 5 unspecified atom stereocenters. The summed E-state index contributed by atoms with van der Waals surface area (Å²) in [5, 5.41) is 22.5. The summed E-state index contributed by atoms with van der Waals surface area (Å²) in [5.74, 6) is 2.80. The number of nitrogen functional groups attached to an aromatic ring is 2. The number of hydrogen-bond acceptors (Lipinski definition) is 8. The predicted octanol–water partition coefficient (Wildman–Crippen LogP) is 11.5. The standard InChI is InChI=1S/C55H68N2O6/c1-33(2)13-12-14-34(3)43-23-24-44-42-32-49(63-48-30-38(57)20-22-41(48)53(61)51(59)36-17-10-7-11-18-36)46-31-39(25-27-55(46,5)45(42)26-28-54(43,44)4)62-47-29-37(56)19-21-40(47)52(60)50(58)35-15-8-6-9-16-35/h6-11,15-22,29-30,34,39,42-46,49-51,58-59H,1,12-14,23-28,31-32,56-57H2,2-5H3/t34-,39?,42+,43-,44+,45+,46?,49?,50?,51?,54-,55-/m1/s1. The van der Waals surface area contributed by atoms with Crippen LogP contribution in [-0.2, 0) is 0 Å². The number of benzene rings is 4. The molecular weight excluding hydrogens is 785 g/mol. The zero-order chi connectivity index (χ0) is 44.6. The average molecular weight is 853 g/mol. The normalized spacial score (nSPS) is 30.2. The summed E-state index contributed by atoms with van der Waals surface area (Å²) in [6.45, 7) is 13.9. The summed E-state index contributed by atoms with van der Waals surface area (Å²) >= 11 is 0. The van der Waals surface area contributed by atoms with Crippen LogP contribution in [0.5, 0.6) is 11.5 Å². The van der Waals surface area contributed by atoms with Crippen molar-refractivity contribution in [2.75, 3.05) is 11.5 Å². The number of aliphatic hydroxyl groups is 2. The number of allylic oxidation sites excluding steroid dienone is 1. The molecule has 0 aromatic heterocycles. The molecule has 4 aliphatic carbocycles. The van der Waals surface area contributed by atoms with Crippen LogP contribution in [0.1, 0.15) is 142 Å². The van der Waals surface area contributed by atoms with Crippen LogP contribution in [0.25, 0.3) is 0 Å². The summed E-state index contributed by atoms with van der Waals surface area (Å²) in [6, 6.07) is 28.1. The fraction of sp³-hybridized carbons (Fsp3) is 0.491. The van der Waals surface area contributed by atoms with E-state index in [1.165, 1.54) is 44.1 Å². The Morgan fingerprint density at radius 1 is 0.714 bits per heavy atom. The third kappa shape index (κ3) is 8.83. The van der Waals surface area contributed by atoms with Crippen molar-refractivity contribution in [1.82, 2.24) is 0 Å². The van der Waals surface area contributed by atoms with Crippen molar-refractivity contribution in [2.24, 2.45) is 46.3 Å². The largest absolute Gasteiger partial charge is 0.490 e. The molecule has 63 heavy (non-hydrogen) atoms. The second-order valence-corrected chi connectivity index (χ2v) is 20.3. The van der Waals surface area contributed by atoms with Crippen molar-refractivity contribution >= 4 is 22.9 Å². The van der Waals surface area contributed by atoms with Crippen LogP contribution in [0.3, 0.4) is 0 Å². The number of aliphatic hydroxyl groups excluding tert-OH is 2. The molecule has 0 aliphatic heterocycles. The van der Waals surface area contributed by atoms with E-state index in [-0.39, 0.29) is 29.0 Å². The van der Waals surface area contributed by atoms with Crippen LogP contribution < -0.4 is 20.9 Å². The van der Waals surface area contributed by atoms with Crippen LogP contribution in [0, 0.1) is 46.3 Å². The van der Waals surface area contributed by atoms with Gasteiger partial charge in [-0.3, -0.25) is 9.59 Å². The number of hydrogen-bond donors (Lipinski definition) is 4. The van der Waals surface area contributed by atoms with Gasteiger partial charge in [0.2, 0.25) is 0 Å². The molecule has 4 fully saturated rings. The van der Waals surface area contributed by atoms with E-state index in [1.807, 2.05) is 24.3 Å². The second kappa shape index (κ2) is 18.3. The topological polar surface area (TPSA) is 145 Å². The fourth-order valence-electron chi connectivity index (χ4n) is 13.3. The molecule has 8 heteroatoms. The maximum Gasteiger partial charge on any atom is 0.199 e. The maximum atomic E-state index is 14.2. The van der Waals surface area contributed by atoms with Crippen molar-refractivity contribution < 1.29 is 29.3 Å². The highest BCUT2D eigenvalue weighted by atomic mass is 16.5. The Balaban J connectivity index is 1.11. The third-order valence-corrected chi connectivity index (χ3v) is 16.5. The van der Waals surface area contributed by atoms with Gasteiger partial charge in [0.15, 0.2) is 11.6 Å². The lowest BCUT2D eigenvalue weighted by molar-refractivity contribution is -0.164. The predicted molar refractivity (Wildman–Crippen MR) is 250 cm³/mol. The van der Waals surface area contributed by atoms with Gasteiger partial charge in [0.1, 0.15) is 29.8 Å². The lowest BCUT2D eigenvalue weighted by Gasteiger charge is -2.63. The van der Waals surface area contributed by atoms with Gasteiger partial charge in [0, 0.05) is 29.4 Å². The van der Waals surface area contributed by atoms with E-state index < -0.39 is 23.8 Å². The molecule has 8 rings (SSSR count). The van der Waals surface area contributed by atoms with Gasteiger partial charge >= 0.3 is 0 Å². The summed E-state index contributed by atoms with van der Waals surface area (Å²) < 4.78 is 14.1. The van der Waals surface area contributed by atoms with Crippen LogP contribution >= 0.6 is 0 Å². The summed E-state index contributed by atoms with van der Waals surface area (Å²) in [6.07, 6.45) is 8.42. The number of anilines is 2. The van der Waals surface area contributed by atoms with E-state index in [4.69, 9.17) is 20.9 Å². The van der Waals surface area contributed by atoms with E-state index in [2.05, 4.69) is 34.3 Å². The highest BCUT2D eigenvalue weighted by molar-refractivity contribution is 6.03. The first kappa shape index (κ1) is 44.7. The lowest BCUT2D eigenvalue weighted by atomic mass is 9.43. The number of ether oxygens (including phenoxy) is 2. The van der Waals surface area contributed by atoms with Gasteiger partial charge in [-0.15, -0.1) is 6.58 Å². The number of carbonyl (C=O) groups excluding carboxylic acids is 2. The van der Waals surface area contributed by atoms with E-state index in [0.717, 1.165) is 25.7 Å². The van der Waals surface area contributed by atoms with E-state index in [0.29, 0.717) is 81.1 Å². The smallest absolute Gasteiger partial charge is 0.199 e. The number of ketones is 2. The molecule has 0 heterocycles. The SMILES string of the molecule is C=C(C)CCC[C@@H](C)[C@H]1CC[C@H]2[C@@H]3CC(Oc4cc(N)ccc4C(=O)C(O)c4ccccc4)C4CC(Oc5cc(N)ccc5C(=O)C(O)c5ccccc5)CC[C@]4(C)[C@H]3CC[C@]12C. The molecule has 4 aliphatic rings. The van der Waals surface area contributed by atoms with E-state index in [9.17, 15) is 19.8 Å². The molecular formula is C55H68N2O6. The molecule has 8 nitrogen and oxygen atoms in total. The Labute approximate surface area is 374 Å². The monoisotopic (exact) mass is 853 g/mol. The molecule has 12 atom stereocenters. The Kier molecular flexibility index (Phi) is 13.0. The summed E-state index contributed by atoms with van der Waals surface area (Å²) in [4.78, 5) is 28.0. The highest BCUT2D eigenvalue weighted by Gasteiger charge is 2.63. The van der Waals surface area contributed by atoms with Gasteiger partial charge in [-0.1, -0.05) is 93.4 Å². The van der Waals surface area contributed by atoms with Crippen LogP contribution in [0.4, 0.5) is 11.4 Å². The van der Waals surface area contributed by atoms with Gasteiger partial charge in [-0.25, -0.2) is 0 Å². The Morgan fingerprint density at radius 3 is 1.83 bits per heavy atom. The van der Waals surface area contributed by atoms with Crippen molar-refractivity contribution in [1.29, 1.82) is 0 Å². The molecule has 6 N–H and O–H groups in total. The molecule has 4 aromatic rings. The molecule has 0 spiro atoms. The van der Waals surface area contributed by atoms with Gasteiger partial charge in [-0.05, 0) is 147 Å². The van der Waals surface area contributed by atoms with E-state index >= 15 is 0 Å². The minimum absolute atomic E-state index is 0.0543. The minimum Gasteiger partial charge on any atom is -0.490 e. The minimum atomic E-state index is -1.35. The molecule has 4 saturated carbocycles. The molecule has 0 radical (unpaired) electrons. The van der Waals surface area contributed by atoms with Gasteiger partial charge in [-0.2, -0.15) is 0 Å². The Hall–Kier alpha value is -4.92. The highest BCUT2D eigenvalue weighted by Crippen LogP contribution is 2.69. The van der Waals surface area contributed by atoms with Crippen molar-refractivity contribution in [2.45, 2.75) is 123 Å². The zero-order valence-corrected chi connectivity index (χ0v) is 37.7. The molecule has 0 saturated heterocycles. The first-order chi connectivity index (χ1) is 30.2. The summed E-state index contributed by atoms with van der Waals surface area (Å²) in [7, 11) is 0. The number of carbonyl (C=O) groups is 2. The lowest BCUT2D eigenvalue weighted by Crippen LogP contribution is -2.59. The third-order valence-electron chi connectivity index (χ3n) is 16.5. The molecule has 4 aromatic carbocycles. The van der Waals surface area contributed by atoms with E-state index in [1.54, 1.807) is 72.8 Å². The summed E-state index contributed by atoms with van der Waals surface area (Å²) in [5.41, 5.74) is 16.8. The van der Waals surface area contributed by atoms with Crippen molar-refractivity contribution in [3.8, 4) is 11.5 Å². The Bertz CT molecular complexity index is 2280. The Morgan fingerprint density at radius 2 is 1.25 bits per heavy atom. The molecule has 0 amide bonds. The number of Topliss-reactive ketones (excluding diaryl/α,β-unsaturated/α-hetero) is 2. The molecule has 0 bridgehead atoms. The number of nitrogens with two attached hydrogens (primary N) is 2. The molecule has 334 valence electrons. The van der Waals surface area contributed by atoms with Gasteiger partial charge in [0.05, 0.1) is 17.2 Å². The number of fused-ring (bicyclic) bond motifs is 5. The van der Waals surface area contributed by atoms with Crippen LogP contribution in [0.15, 0.2) is 109 Å². The van der Waals surface area contributed by atoms with Crippen molar-refractivity contribution in [3.63, 3.8) is 0 Å². The first-order valence-corrected chi connectivity index (χ1v) is 23.5. The fourth-order valence-corrected chi connectivity index (χ4v) is 13.3. The maximum absolute atomic E-state index is 14.2. The van der Waals surface area contributed by atoms with Crippen molar-refractivity contribution in [3.05, 3.63) is 131 Å². The first-order valence-electron chi connectivity index (χ1n) is 23.5. The van der Waals surface area contributed by atoms with Gasteiger partial charge < -0.3 is 31.2 Å². The quantitative estimate of drug-likeness (QED) is 0.0525. The zero-order valence-electron chi connectivity index (χ0n) is 37.7. The second-order valence-electron chi connectivity index (χ2n) is 20.3. The van der Waals surface area contributed by atoms with Gasteiger partial charge in [0.25, 0.3) is 0 Å². The number of rotatable bonds is 15.